The fourth-order valence-corrected chi connectivity index (χ4v) is 2.96. The smallest absolute Gasteiger partial charge is 0.244 e. The summed E-state index contributed by atoms with van der Waals surface area (Å²) in [4.78, 5) is 18.8. The molecule has 19 heavy (non-hydrogen) atoms. The zero-order valence-corrected chi connectivity index (χ0v) is 11.5. The Morgan fingerprint density at radius 3 is 2.68 bits per heavy atom. The lowest BCUT2D eigenvalue weighted by Crippen LogP contribution is -2.45. The van der Waals surface area contributed by atoms with Crippen molar-refractivity contribution in [2.75, 3.05) is 6.54 Å². The van der Waals surface area contributed by atoms with E-state index in [0.29, 0.717) is 13.0 Å². The first-order chi connectivity index (χ1) is 8.99. The number of carbonyl (C=O) groups excluding carboxylic acids is 1. The van der Waals surface area contributed by atoms with Crippen molar-refractivity contribution in [3.05, 3.63) is 17.7 Å². The van der Waals surface area contributed by atoms with Crippen molar-refractivity contribution in [1.29, 1.82) is 0 Å². The van der Waals surface area contributed by atoms with Gasteiger partial charge in [-0.3, -0.25) is 4.79 Å². The molecule has 1 aliphatic heterocycles. The summed E-state index contributed by atoms with van der Waals surface area (Å²) < 4.78 is 26.5. The number of carbonyl (C=O) groups is 1. The summed E-state index contributed by atoms with van der Waals surface area (Å²) in [5.74, 6) is -0.309. The molecule has 1 amide bonds. The average molecular weight is 305 g/mol. The van der Waals surface area contributed by atoms with Crippen molar-refractivity contribution in [2.45, 2.75) is 30.2 Å². The van der Waals surface area contributed by atoms with Crippen LogP contribution in [0.25, 0.3) is 0 Å². The molecule has 104 valence electrons. The van der Waals surface area contributed by atoms with Gasteiger partial charge in [0.2, 0.25) is 21.2 Å². The highest BCUT2D eigenvalue weighted by atomic mass is 35.5. The molecular formula is C10H13ClN4O3S. The summed E-state index contributed by atoms with van der Waals surface area (Å²) in [6.45, 7) is 0.571. The SMILES string of the molecule is O=C1NCCCCC1NS(=O)(=O)c1cnc(Cl)nc1. The molecule has 0 bridgehead atoms. The fourth-order valence-electron chi connectivity index (χ4n) is 1.75. The van der Waals surface area contributed by atoms with Gasteiger partial charge in [0.1, 0.15) is 10.9 Å². The molecule has 0 aliphatic carbocycles. The van der Waals surface area contributed by atoms with E-state index < -0.39 is 16.1 Å². The van der Waals surface area contributed by atoms with Gasteiger partial charge < -0.3 is 5.32 Å². The maximum absolute atomic E-state index is 12.1. The van der Waals surface area contributed by atoms with Crippen LogP contribution in [0.4, 0.5) is 0 Å². The lowest BCUT2D eigenvalue weighted by Gasteiger charge is -2.15. The highest BCUT2D eigenvalue weighted by Gasteiger charge is 2.27. The van der Waals surface area contributed by atoms with Crippen LogP contribution in [0.5, 0.6) is 0 Å². The maximum atomic E-state index is 12.1. The van der Waals surface area contributed by atoms with Gasteiger partial charge in [-0.1, -0.05) is 0 Å². The van der Waals surface area contributed by atoms with Crippen molar-refractivity contribution >= 4 is 27.5 Å². The molecule has 0 radical (unpaired) electrons. The number of hydrogen-bond acceptors (Lipinski definition) is 5. The molecule has 1 aromatic rings. The second-order valence-corrected chi connectivity index (χ2v) is 6.20. The molecule has 7 nitrogen and oxygen atoms in total. The average Bonchev–Trinajstić information content (AvgIpc) is 2.55. The summed E-state index contributed by atoms with van der Waals surface area (Å²) in [7, 11) is -3.82. The number of nitrogens with one attached hydrogen (secondary N) is 2. The van der Waals surface area contributed by atoms with Gasteiger partial charge in [-0.2, -0.15) is 4.72 Å². The molecule has 1 aromatic heterocycles. The van der Waals surface area contributed by atoms with Crippen LogP contribution in [-0.4, -0.2) is 36.9 Å². The monoisotopic (exact) mass is 304 g/mol. The Hall–Kier alpha value is -1.25. The summed E-state index contributed by atoms with van der Waals surface area (Å²) >= 11 is 5.50. The number of aromatic nitrogens is 2. The molecule has 2 N–H and O–H groups in total. The first kappa shape index (κ1) is 14.2. The zero-order valence-electron chi connectivity index (χ0n) is 9.97. The highest BCUT2D eigenvalue weighted by Crippen LogP contribution is 2.12. The summed E-state index contributed by atoms with van der Waals surface area (Å²) in [5, 5.41) is 2.62. The Morgan fingerprint density at radius 2 is 2.00 bits per heavy atom. The topological polar surface area (TPSA) is 101 Å². The Bertz CT molecular complexity index is 561. The molecule has 1 fully saturated rings. The molecule has 0 saturated carbocycles. The van der Waals surface area contributed by atoms with E-state index in [4.69, 9.17) is 11.6 Å². The van der Waals surface area contributed by atoms with Crippen LogP contribution in [0.3, 0.4) is 0 Å². The van der Waals surface area contributed by atoms with Gasteiger partial charge in [0.15, 0.2) is 0 Å². The summed E-state index contributed by atoms with van der Waals surface area (Å²) in [5.41, 5.74) is 0. The molecule has 1 atom stereocenters. The second-order valence-electron chi connectivity index (χ2n) is 4.15. The molecule has 1 saturated heterocycles. The Balaban J connectivity index is 2.16. The number of rotatable bonds is 3. The molecule has 0 aromatic carbocycles. The number of nitrogens with zero attached hydrogens (tertiary/aromatic N) is 2. The van der Waals surface area contributed by atoms with Crippen LogP contribution >= 0.6 is 11.6 Å². The van der Waals surface area contributed by atoms with Crippen LogP contribution in [0.15, 0.2) is 17.3 Å². The van der Waals surface area contributed by atoms with Gasteiger partial charge >= 0.3 is 0 Å². The quantitative estimate of drug-likeness (QED) is 0.770. The molecule has 1 unspecified atom stereocenters. The fraction of sp³-hybridized carbons (Fsp3) is 0.500. The Kier molecular flexibility index (Phi) is 4.33. The highest BCUT2D eigenvalue weighted by molar-refractivity contribution is 7.89. The molecule has 9 heteroatoms. The Morgan fingerprint density at radius 1 is 1.32 bits per heavy atom. The first-order valence-electron chi connectivity index (χ1n) is 5.76. The maximum Gasteiger partial charge on any atom is 0.244 e. The van der Waals surface area contributed by atoms with Crippen LogP contribution in [0.2, 0.25) is 5.28 Å². The standard InChI is InChI=1S/C10H13ClN4O3S/c11-10-13-5-7(6-14-10)19(17,18)15-8-3-1-2-4-12-9(8)16/h5-6,8,15H,1-4H2,(H,12,16). The lowest BCUT2D eigenvalue weighted by atomic mass is 10.1. The molecule has 0 spiro atoms. The van der Waals surface area contributed by atoms with E-state index in [1.807, 2.05) is 0 Å². The molecular weight excluding hydrogens is 292 g/mol. The van der Waals surface area contributed by atoms with Crippen LogP contribution in [0, 0.1) is 0 Å². The van der Waals surface area contributed by atoms with E-state index in [9.17, 15) is 13.2 Å². The van der Waals surface area contributed by atoms with Crippen LogP contribution in [-0.2, 0) is 14.8 Å². The first-order valence-corrected chi connectivity index (χ1v) is 7.63. The second kappa shape index (κ2) is 5.81. The third-order valence-electron chi connectivity index (χ3n) is 2.74. The van der Waals surface area contributed by atoms with Gasteiger partial charge in [0, 0.05) is 6.54 Å². The van der Waals surface area contributed by atoms with Gasteiger partial charge in [-0.05, 0) is 30.9 Å². The predicted octanol–water partition coefficient (Wildman–Crippen LogP) is 0.0770. The van der Waals surface area contributed by atoms with E-state index in [1.165, 1.54) is 0 Å². The minimum absolute atomic E-state index is 0.0360. The lowest BCUT2D eigenvalue weighted by molar-refractivity contribution is -0.122. The van der Waals surface area contributed by atoms with E-state index in [-0.39, 0.29) is 16.1 Å². The third kappa shape index (κ3) is 3.62. The number of hydrogen-bond donors (Lipinski definition) is 2. The summed E-state index contributed by atoms with van der Waals surface area (Å²) in [6, 6.07) is -0.761. The zero-order chi connectivity index (χ0) is 13.9. The predicted molar refractivity (Wildman–Crippen MR) is 68.0 cm³/mol. The van der Waals surface area contributed by atoms with Crippen molar-refractivity contribution in [3.63, 3.8) is 0 Å². The molecule has 2 rings (SSSR count). The van der Waals surface area contributed by atoms with Gasteiger partial charge in [-0.25, -0.2) is 18.4 Å². The Labute approximate surface area is 115 Å². The molecule has 1 aliphatic rings. The minimum Gasteiger partial charge on any atom is -0.355 e. The minimum atomic E-state index is -3.82. The van der Waals surface area contributed by atoms with Gasteiger partial charge in [-0.15, -0.1) is 0 Å². The van der Waals surface area contributed by atoms with E-state index in [0.717, 1.165) is 25.2 Å². The van der Waals surface area contributed by atoms with E-state index >= 15 is 0 Å². The van der Waals surface area contributed by atoms with Crippen molar-refractivity contribution in [2.24, 2.45) is 0 Å². The number of halogens is 1. The molecule has 2 heterocycles. The number of sulfonamides is 1. The third-order valence-corrected chi connectivity index (χ3v) is 4.36. The van der Waals surface area contributed by atoms with Crippen LogP contribution in [0.1, 0.15) is 19.3 Å². The number of amides is 1. The van der Waals surface area contributed by atoms with Gasteiger partial charge in [0.25, 0.3) is 0 Å². The van der Waals surface area contributed by atoms with Crippen LogP contribution < -0.4 is 10.0 Å². The summed E-state index contributed by atoms with van der Waals surface area (Å²) in [6.07, 6.45) is 4.30. The largest absolute Gasteiger partial charge is 0.355 e. The van der Waals surface area contributed by atoms with Crippen molar-refractivity contribution in [1.82, 2.24) is 20.0 Å². The van der Waals surface area contributed by atoms with E-state index in [1.54, 1.807) is 0 Å². The van der Waals surface area contributed by atoms with E-state index in [2.05, 4.69) is 20.0 Å². The normalized spacial score (nSPS) is 20.7. The van der Waals surface area contributed by atoms with Crippen molar-refractivity contribution in [3.8, 4) is 0 Å². The van der Waals surface area contributed by atoms with Crippen molar-refractivity contribution < 1.29 is 13.2 Å². The van der Waals surface area contributed by atoms with Gasteiger partial charge in [0.05, 0.1) is 12.4 Å².